The second-order valence-electron chi connectivity index (χ2n) is 3.55. The molecule has 0 unspecified atom stereocenters. The van der Waals surface area contributed by atoms with Crippen molar-refractivity contribution >= 4 is 5.82 Å². The lowest BCUT2D eigenvalue weighted by Gasteiger charge is -2.34. The van der Waals surface area contributed by atoms with Crippen LogP contribution in [0.3, 0.4) is 0 Å². The summed E-state index contributed by atoms with van der Waals surface area (Å²) in [6.45, 7) is 4.24. The average molecular weight is 177 g/mol. The minimum Gasteiger partial charge on any atom is -0.356 e. The van der Waals surface area contributed by atoms with Crippen molar-refractivity contribution in [3.63, 3.8) is 0 Å². The molecule has 0 aromatic carbocycles. The smallest absolute Gasteiger partial charge is 0.133 e. The van der Waals surface area contributed by atoms with Gasteiger partial charge in [0.1, 0.15) is 5.82 Å². The van der Waals surface area contributed by atoms with Gasteiger partial charge in [0.05, 0.1) is 0 Å². The summed E-state index contributed by atoms with van der Waals surface area (Å²) in [4.78, 5) is 6.64. The van der Waals surface area contributed by atoms with Crippen LogP contribution >= 0.6 is 0 Å². The van der Waals surface area contributed by atoms with Gasteiger partial charge in [-0.2, -0.15) is 0 Å². The maximum atomic E-state index is 5.86. The number of nitrogens with two attached hydrogens (primary N) is 1. The maximum absolute atomic E-state index is 5.86. The normalized spacial score (nSPS) is 18.2. The lowest BCUT2D eigenvalue weighted by molar-refractivity contribution is 0.602. The van der Waals surface area contributed by atoms with Crippen LogP contribution in [0.2, 0.25) is 0 Å². The number of hydrogen-bond donors (Lipinski definition) is 1. The first-order valence-corrected chi connectivity index (χ1v) is 4.74. The zero-order chi connectivity index (χ0) is 9.26. The van der Waals surface area contributed by atoms with Crippen molar-refractivity contribution in [1.29, 1.82) is 0 Å². The summed E-state index contributed by atoms with van der Waals surface area (Å²) in [5.74, 6) is 1.07. The fraction of sp³-hybridized carbons (Fsp3) is 0.500. The first-order valence-electron chi connectivity index (χ1n) is 4.74. The molecule has 1 aliphatic rings. The number of aromatic nitrogens is 1. The molecule has 0 aliphatic carbocycles. The summed E-state index contributed by atoms with van der Waals surface area (Å²) in [7, 11) is 0. The molecule has 0 amide bonds. The molecular formula is C10H15N3. The summed E-state index contributed by atoms with van der Waals surface area (Å²) in [6, 6.07) is 4.08. The molecule has 3 nitrogen and oxygen atoms in total. The Hall–Kier alpha value is -1.09. The highest BCUT2D eigenvalue weighted by Gasteiger charge is 2.19. The molecule has 1 saturated heterocycles. The molecule has 13 heavy (non-hydrogen) atoms. The van der Waals surface area contributed by atoms with E-state index in [-0.39, 0.29) is 6.04 Å². The summed E-state index contributed by atoms with van der Waals surface area (Å²) in [6.07, 6.45) is 3.11. The van der Waals surface area contributed by atoms with Crippen LogP contribution in [0, 0.1) is 0 Å². The van der Waals surface area contributed by atoms with Gasteiger partial charge < -0.3 is 10.6 Å². The van der Waals surface area contributed by atoms with Crippen LogP contribution in [-0.2, 0) is 0 Å². The van der Waals surface area contributed by atoms with Crippen LogP contribution in [0.5, 0.6) is 0 Å². The van der Waals surface area contributed by atoms with Gasteiger partial charge in [-0.3, -0.25) is 0 Å². The molecule has 2 heterocycles. The third kappa shape index (κ3) is 1.52. The zero-order valence-corrected chi connectivity index (χ0v) is 7.90. The van der Waals surface area contributed by atoms with Crippen molar-refractivity contribution in [2.75, 3.05) is 18.0 Å². The SMILES string of the molecule is C[C@H](N)c1cccnc1N1CCC1. The Bertz CT molecular complexity index is 292. The van der Waals surface area contributed by atoms with Gasteiger partial charge in [-0.1, -0.05) is 6.07 Å². The van der Waals surface area contributed by atoms with Crippen LogP contribution in [0.4, 0.5) is 5.82 Å². The zero-order valence-electron chi connectivity index (χ0n) is 7.90. The highest BCUT2D eigenvalue weighted by molar-refractivity contribution is 5.49. The van der Waals surface area contributed by atoms with Crippen LogP contribution in [0.15, 0.2) is 18.3 Å². The molecule has 0 radical (unpaired) electrons. The molecule has 1 aromatic rings. The van der Waals surface area contributed by atoms with Gasteiger partial charge in [-0.25, -0.2) is 4.98 Å². The van der Waals surface area contributed by atoms with E-state index in [1.165, 1.54) is 6.42 Å². The van der Waals surface area contributed by atoms with Gasteiger partial charge in [0.2, 0.25) is 0 Å². The first kappa shape index (κ1) is 8.51. The molecule has 1 atom stereocenters. The molecule has 3 heteroatoms. The number of anilines is 1. The lowest BCUT2D eigenvalue weighted by Crippen LogP contribution is -2.38. The molecule has 0 bridgehead atoms. The summed E-state index contributed by atoms with van der Waals surface area (Å²) < 4.78 is 0. The predicted molar refractivity (Wildman–Crippen MR) is 53.7 cm³/mol. The van der Waals surface area contributed by atoms with E-state index in [0.29, 0.717) is 0 Å². The van der Waals surface area contributed by atoms with E-state index in [4.69, 9.17) is 5.73 Å². The largest absolute Gasteiger partial charge is 0.356 e. The van der Waals surface area contributed by atoms with Gasteiger partial charge in [0.25, 0.3) is 0 Å². The molecule has 2 N–H and O–H groups in total. The second-order valence-corrected chi connectivity index (χ2v) is 3.55. The Morgan fingerprint density at radius 2 is 2.31 bits per heavy atom. The Balaban J connectivity index is 2.31. The quantitative estimate of drug-likeness (QED) is 0.740. The van der Waals surface area contributed by atoms with Gasteiger partial charge in [0, 0.05) is 30.9 Å². The van der Waals surface area contributed by atoms with Crippen molar-refractivity contribution in [2.24, 2.45) is 5.73 Å². The fourth-order valence-corrected chi connectivity index (χ4v) is 1.56. The second kappa shape index (κ2) is 3.34. The van der Waals surface area contributed by atoms with E-state index in [9.17, 15) is 0 Å². The van der Waals surface area contributed by atoms with Crippen molar-refractivity contribution < 1.29 is 0 Å². The Kier molecular flexibility index (Phi) is 2.19. The summed E-state index contributed by atoms with van der Waals surface area (Å²) in [5.41, 5.74) is 7.02. The first-order chi connectivity index (χ1) is 6.29. The highest BCUT2D eigenvalue weighted by Crippen LogP contribution is 2.25. The Morgan fingerprint density at radius 1 is 1.54 bits per heavy atom. The van der Waals surface area contributed by atoms with Crippen molar-refractivity contribution in [2.45, 2.75) is 19.4 Å². The number of pyridine rings is 1. The van der Waals surface area contributed by atoms with E-state index in [1.807, 2.05) is 19.2 Å². The monoisotopic (exact) mass is 177 g/mol. The standard InChI is InChI=1S/C10H15N3/c1-8(11)9-4-2-5-12-10(9)13-6-3-7-13/h2,4-5,8H,3,6-7,11H2,1H3/t8-/m0/s1. The molecule has 70 valence electrons. The minimum atomic E-state index is 0.0734. The van der Waals surface area contributed by atoms with Crippen LogP contribution in [0.1, 0.15) is 24.9 Å². The number of hydrogen-bond acceptors (Lipinski definition) is 3. The fourth-order valence-electron chi connectivity index (χ4n) is 1.56. The Labute approximate surface area is 78.6 Å². The van der Waals surface area contributed by atoms with Gasteiger partial charge in [-0.05, 0) is 19.4 Å². The van der Waals surface area contributed by atoms with Crippen LogP contribution < -0.4 is 10.6 Å². The van der Waals surface area contributed by atoms with E-state index in [2.05, 4.69) is 16.0 Å². The molecule has 0 saturated carbocycles. The number of nitrogens with zero attached hydrogens (tertiary/aromatic N) is 2. The van der Waals surface area contributed by atoms with E-state index < -0.39 is 0 Å². The number of rotatable bonds is 2. The molecular weight excluding hydrogens is 162 g/mol. The van der Waals surface area contributed by atoms with E-state index >= 15 is 0 Å². The molecule has 0 spiro atoms. The van der Waals surface area contributed by atoms with Gasteiger partial charge in [-0.15, -0.1) is 0 Å². The lowest BCUT2D eigenvalue weighted by atomic mass is 10.1. The van der Waals surface area contributed by atoms with E-state index in [1.54, 1.807) is 0 Å². The predicted octanol–water partition coefficient (Wildman–Crippen LogP) is 1.31. The minimum absolute atomic E-state index is 0.0734. The topological polar surface area (TPSA) is 42.1 Å². The molecule has 2 rings (SSSR count). The molecule has 1 aliphatic heterocycles. The summed E-state index contributed by atoms with van der Waals surface area (Å²) in [5, 5.41) is 0. The van der Waals surface area contributed by atoms with Crippen molar-refractivity contribution in [3.8, 4) is 0 Å². The van der Waals surface area contributed by atoms with Crippen molar-refractivity contribution in [3.05, 3.63) is 23.9 Å². The molecule has 1 aromatic heterocycles. The van der Waals surface area contributed by atoms with E-state index in [0.717, 1.165) is 24.5 Å². The average Bonchev–Trinajstić information content (AvgIpc) is 2.02. The van der Waals surface area contributed by atoms with Gasteiger partial charge in [0.15, 0.2) is 0 Å². The molecule has 1 fully saturated rings. The van der Waals surface area contributed by atoms with Crippen LogP contribution in [0.25, 0.3) is 0 Å². The third-order valence-electron chi connectivity index (χ3n) is 2.46. The Morgan fingerprint density at radius 3 is 2.85 bits per heavy atom. The summed E-state index contributed by atoms with van der Waals surface area (Å²) >= 11 is 0. The highest BCUT2D eigenvalue weighted by atomic mass is 15.2. The van der Waals surface area contributed by atoms with Crippen LogP contribution in [-0.4, -0.2) is 18.1 Å². The van der Waals surface area contributed by atoms with Crippen molar-refractivity contribution in [1.82, 2.24) is 4.98 Å². The third-order valence-corrected chi connectivity index (χ3v) is 2.46. The van der Waals surface area contributed by atoms with Gasteiger partial charge >= 0.3 is 0 Å². The maximum Gasteiger partial charge on any atom is 0.133 e.